The summed E-state index contributed by atoms with van der Waals surface area (Å²) < 4.78 is 10.6. The molecule has 0 amide bonds. The molecule has 0 aliphatic heterocycles. The molecular formula is C26H21N3O2. The second-order valence-corrected chi connectivity index (χ2v) is 6.82. The van der Waals surface area contributed by atoms with Crippen molar-refractivity contribution in [1.29, 1.82) is 5.26 Å². The largest absolute Gasteiger partial charge is 0.497 e. The number of aromatic nitrogens is 2. The predicted molar refractivity (Wildman–Crippen MR) is 122 cm³/mol. The highest BCUT2D eigenvalue weighted by Crippen LogP contribution is 2.34. The van der Waals surface area contributed by atoms with Gasteiger partial charge in [0.15, 0.2) is 0 Å². The van der Waals surface area contributed by atoms with E-state index in [4.69, 9.17) is 14.5 Å². The van der Waals surface area contributed by atoms with Gasteiger partial charge in [0, 0.05) is 22.8 Å². The lowest BCUT2D eigenvalue weighted by molar-refractivity contribution is 0.414. The molecule has 0 fully saturated rings. The molecule has 0 bridgehead atoms. The van der Waals surface area contributed by atoms with Gasteiger partial charge in [-0.3, -0.25) is 0 Å². The molecule has 0 aliphatic carbocycles. The summed E-state index contributed by atoms with van der Waals surface area (Å²) in [6.07, 6.45) is 1.52. The average molecular weight is 407 g/mol. The van der Waals surface area contributed by atoms with Crippen LogP contribution in [0.5, 0.6) is 11.5 Å². The lowest BCUT2D eigenvalue weighted by atomic mass is 10.0. The number of nitrogens with zero attached hydrogens (tertiary/aromatic N) is 2. The number of H-pyrrole nitrogens is 1. The van der Waals surface area contributed by atoms with E-state index in [-0.39, 0.29) is 0 Å². The molecule has 1 aromatic heterocycles. The van der Waals surface area contributed by atoms with Crippen LogP contribution in [0.3, 0.4) is 0 Å². The van der Waals surface area contributed by atoms with E-state index < -0.39 is 0 Å². The maximum Gasteiger partial charge on any atom is 0.139 e. The van der Waals surface area contributed by atoms with Crippen LogP contribution < -0.4 is 9.47 Å². The molecule has 4 aromatic rings. The van der Waals surface area contributed by atoms with Gasteiger partial charge in [0.2, 0.25) is 0 Å². The van der Waals surface area contributed by atoms with Gasteiger partial charge in [0.05, 0.1) is 31.7 Å². The zero-order valence-electron chi connectivity index (χ0n) is 17.3. The Labute approximate surface area is 181 Å². The first-order valence-electron chi connectivity index (χ1n) is 9.78. The fraction of sp³-hybridized carbons (Fsp3) is 0.0769. The molecule has 4 rings (SSSR count). The Bertz CT molecular complexity index is 1170. The molecule has 0 aliphatic rings. The van der Waals surface area contributed by atoms with Crippen LogP contribution in [0.4, 0.5) is 0 Å². The lowest BCUT2D eigenvalue weighted by Crippen LogP contribution is -1.90. The molecule has 0 saturated carbocycles. The van der Waals surface area contributed by atoms with Crippen LogP contribution in [-0.2, 0) is 0 Å². The topological polar surface area (TPSA) is 70.9 Å². The number of nitriles is 1. The van der Waals surface area contributed by atoms with Crippen LogP contribution in [0.1, 0.15) is 11.4 Å². The Balaban J connectivity index is 1.88. The molecule has 1 N–H and O–H groups in total. The number of ether oxygens (including phenoxy) is 2. The van der Waals surface area contributed by atoms with Gasteiger partial charge >= 0.3 is 0 Å². The molecule has 0 radical (unpaired) electrons. The molecule has 0 saturated heterocycles. The summed E-state index contributed by atoms with van der Waals surface area (Å²) >= 11 is 0. The fourth-order valence-electron chi connectivity index (χ4n) is 3.40. The summed E-state index contributed by atoms with van der Waals surface area (Å²) in [6, 6.07) is 27.5. The number of methoxy groups -OCH3 is 2. The van der Waals surface area contributed by atoms with Crippen LogP contribution in [0.15, 0.2) is 84.9 Å². The molecule has 31 heavy (non-hydrogen) atoms. The minimum Gasteiger partial charge on any atom is -0.497 e. The number of benzene rings is 3. The third-order valence-electron chi connectivity index (χ3n) is 4.99. The molecule has 1 heterocycles. The molecular weight excluding hydrogens is 386 g/mol. The van der Waals surface area contributed by atoms with E-state index >= 15 is 0 Å². The maximum atomic E-state index is 9.39. The first kappa shape index (κ1) is 20.0. The molecule has 152 valence electrons. The van der Waals surface area contributed by atoms with Crippen molar-refractivity contribution in [2.24, 2.45) is 0 Å². The van der Waals surface area contributed by atoms with Gasteiger partial charge in [-0.2, -0.15) is 5.26 Å². The highest BCUT2D eigenvalue weighted by molar-refractivity contribution is 5.85. The van der Waals surface area contributed by atoms with Crippen molar-refractivity contribution in [1.82, 2.24) is 9.97 Å². The van der Waals surface area contributed by atoms with Crippen molar-refractivity contribution in [3.8, 4) is 40.1 Å². The van der Waals surface area contributed by atoms with Crippen molar-refractivity contribution in [3.63, 3.8) is 0 Å². The van der Waals surface area contributed by atoms with E-state index in [1.807, 2.05) is 78.9 Å². The summed E-state index contributed by atoms with van der Waals surface area (Å²) in [6.45, 7) is 0. The van der Waals surface area contributed by atoms with Gasteiger partial charge in [0.1, 0.15) is 17.3 Å². The van der Waals surface area contributed by atoms with Crippen LogP contribution in [0.2, 0.25) is 0 Å². The Morgan fingerprint density at radius 3 is 1.97 bits per heavy atom. The highest BCUT2D eigenvalue weighted by atomic mass is 16.5. The van der Waals surface area contributed by atoms with Crippen LogP contribution >= 0.6 is 0 Å². The predicted octanol–water partition coefficient (Wildman–Crippen LogP) is 5.72. The quantitative estimate of drug-likeness (QED) is 0.415. The van der Waals surface area contributed by atoms with Crippen molar-refractivity contribution in [3.05, 3.63) is 96.3 Å². The van der Waals surface area contributed by atoms with Gasteiger partial charge in [-0.15, -0.1) is 0 Å². The average Bonchev–Trinajstić information content (AvgIpc) is 3.28. The minimum atomic E-state index is 0.629. The zero-order valence-corrected chi connectivity index (χ0v) is 17.3. The van der Waals surface area contributed by atoms with E-state index in [0.717, 1.165) is 45.2 Å². The van der Waals surface area contributed by atoms with Crippen molar-refractivity contribution in [2.75, 3.05) is 14.2 Å². The van der Waals surface area contributed by atoms with Gasteiger partial charge < -0.3 is 14.5 Å². The van der Waals surface area contributed by atoms with Gasteiger partial charge in [0.25, 0.3) is 0 Å². The first-order valence-corrected chi connectivity index (χ1v) is 9.78. The SMILES string of the molecule is COc1ccc(-c2nc(/C(=C/C#N)c3ccccc3)[nH]c2-c2ccc(OC)cc2)cc1. The number of rotatable bonds is 6. The third-order valence-corrected chi connectivity index (χ3v) is 4.99. The van der Waals surface area contributed by atoms with E-state index in [1.165, 1.54) is 6.08 Å². The second-order valence-electron chi connectivity index (χ2n) is 6.82. The lowest BCUT2D eigenvalue weighted by Gasteiger charge is -2.06. The Morgan fingerprint density at radius 2 is 1.42 bits per heavy atom. The molecule has 0 atom stereocenters. The van der Waals surface area contributed by atoms with E-state index in [1.54, 1.807) is 14.2 Å². The summed E-state index contributed by atoms with van der Waals surface area (Å²) in [5.74, 6) is 2.19. The first-order chi connectivity index (χ1) is 15.2. The second kappa shape index (κ2) is 9.02. The van der Waals surface area contributed by atoms with Gasteiger partial charge in [-0.1, -0.05) is 30.3 Å². The van der Waals surface area contributed by atoms with Crippen LogP contribution in [0, 0.1) is 11.3 Å². The molecule has 0 spiro atoms. The number of hydrogen-bond acceptors (Lipinski definition) is 4. The Hall–Kier alpha value is -4.30. The van der Waals surface area contributed by atoms with Crippen molar-refractivity contribution in [2.45, 2.75) is 0 Å². The van der Waals surface area contributed by atoms with E-state index in [2.05, 4.69) is 11.1 Å². The fourth-order valence-corrected chi connectivity index (χ4v) is 3.40. The Kier molecular flexibility index (Phi) is 5.82. The summed E-state index contributed by atoms with van der Waals surface area (Å²) in [5, 5.41) is 9.39. The van der Waals surface area contributed by atoms with Gasteiger partial charge in [-0.25, -0.2) is 4.98 Å². The van der Waals surface area contributed by atoms with Crippen LogP contribution in [0.25, 0.3) is 28.1 Å². The summed E-state index contributed by atoms with van der Waals surface area (Å²) in [7, 11) is 3.29. The summed E-state index contributed by atoms with van der Waals surface area (Å²) in [4.78, 5) is 8.35. The molecule has 0 unspecified atom stereocenters. The van der Waals surface area contributed by atoms with Gasteiger partial charge in [-0.05, 0) is 54.1 Å². The van der Waals surface area contributed by atoms with Crippen LogP contribution in [-0.4, -0.2) is 24.2 Å². The number of nitrogens with one attached hydrogen (secondary N) is 1. The van der Waals surface area contributed by atoms with E-state index in [0.29, 0.717) is 5.82 Å². The normalized spacial score (nSPS) is 11.1. The van der Waals surface area contributed by atoms with Crippen molar-refractivity contribution < 1.29 is 9.47 Å². The summed E-state index contributed by atoms with van der Waals surface area (Å²) in [5.41, 5.74) is 5.22. The number of hydrogen-bond donors (Lipinski definition) is 1. The standard InChI is InChI=1S/C26H21N3O2/c1-30-21-12-8-19(9-13-21)24-25(20-10-14-22(31-2)15-11-20)29-26(28-24)23(16-17-27)18-6-4-3-5-7-18/h3-16H,1-2H3,(H,28,29)/b23-16+. The van der Waals surface area contributed by atoms with E-state index in [9.17, 15) is 5.26 Å². The smallest absolute Gasteiger partial charge is 0.139 e. The maximum absolute atomic E-state index is 9.39. The number of aromatic amines is 1. The number of imidazole rings is 1. The van der Waals surface area contributed by atoms with Crippen molar-refractivity contribution >= 4 is 5.57 Å². The number of allylic oxidation sites excluding steroid dienone is 1. The third kappa shape index (κ3) is 4.19. The zero-order chi connectivity index (χ0) is 21.6. The molecule has 5 nitrogen and oxygen atoms in total. The minimum absolute atomic E-state index is 0.629. The Morgan fingerprint density at radius 1 is 0.839 bits per heavy atom. The monoisotopic (exact) mass is 407 g/mol. The highest BCUT2D eigenvalue weighted by Gasteiger charge is 2.18. The molecule has 3 aromatic carbocycles. The molecule has 5 heteroatoms.